The zero-order chi connectivity index (χ0) is 12.3. The van der Waals surface area contributed by atoms with E-state index in [4.69, 9.17) is 10.8 Å². The summed E-state index contributed by atoms with van der Waals surface area (Å²) in [5.74, 6) is 0. The van der Waals surface area contributed by atoms with Gasteiger partial charge in [0.05, 0.1) is 6.61 Å². The summed E-state index contributed by atoms with van der Waals surface area (Å²) >= 11 is 3.50. The van der Waals surface area contributed by atoms with Gasteiger partial charge in [-0.3, -0.25) is 0 Å². The molecule has 1 aliphatic carbocycles. The minimum absolute atomic E-state index is 0.0381. The minimum atomic E-state index is -0.0381. The molecule has 4 heteroatoms. The maximum atomic E-state index is 8.93. The predicted octanol–water partition coefficient (Wildman–Crippen LogP) is 1.22. The lowest BCUT2D eigenvalue weighted by Gasteiger charge is -2.38. The van der Waals surface area contributed by atoms with Crippen LogP contribution in [0.2, 0.25) is 0 Å². The van der Waals surface area contributed by atoms with Crippen LogP contribution in [0.5, 0.6) is 0 Å². The highest BCUT2D eigenvalue weighted by Gasteiger charge is 2.32. The van der Waals surface area contributed by atoms with Crippen molar-refractivity contribution in [1.29, 1.82) is 0 Å². The van der Waals surface area contributed by atoms with Crippen molar-refractivity contribution in [1.82, 2.24) is 5.32 Å². The van der Waals surface area contributed by atoms with Gasteiger partial charge in [0.15, 0.2) is 0 Å². The normalized spacial score (nSPS) is 23.5. The smallest absolute Gasteiger partial charge is 0.0556 e. The molecule has 0 radical (unpaired) electrons. The van der Waals surface area contributed by atoms with Crippen molar-refractivity contribution in [2.75, 3.05) is 19.7 Å². The van der Waals surface area contributed by atoms with Gasteiger partial charge >= 0.3 is 0 Å². The Balaban J connectivity index is 2.18. The van der Waals surface area contributed by atoms with E-state index in [-0.39, 0.29) is 12.1 Å². The summed E-state index contributed by atoms with van der Waals surface area (Å²) in [5.41, 5.74) is 8.66. The molecule has 0 heterocycles. The second-order valence-corrected chi connectivity index (χ2v) is 5.64. The molecule has 1 unspecified atom stereocenters. The highest BCUT2D eigenvalue weighted by Crippen LogP contribution is 2.30. The fourth-order valence-corrected chi connectivity index (χ4v) is 2.95. The maximum Gasteiger partial charge on any atom is 0.0556 e. The van der Waals surface area contributed by atoms with Crippen LogP contribution >= 0.6 is 15.9 Å². The molecule has 3 nitrogen and oxygen atoms in total. The number of benzene rings is 1. The second-order valence-electron chi connectivity index (χ2n) is 4.72. The first-order valence-corrected chi connectivity index (χ1v) is 6.82. The number of nitrogens with two attached hydrogens (primary N) is 1. The van der Waals surface area contributed by atoms with Crippen molar-refractivity contribution in [3.8, 4) is 0 Å². The third kappa shape index (κ3) is 2.88. The molecule has 1 atom stereocenters. The summed E-state index contributed by atoms with van der Waals surface area (Å²) < 4.78 is 1.14. The van der Waals surface area contributed by atoms with E-state index in [1.807, 2.05) is 0 Å². The lowest BCUT2D eigenvalue weighted by Crippen LogP contribution is -2.55. The molecule has 0 aliphatic heterocycles. The summed E-state index contributed by atoms with van der Waals surface area (Å²) in [6.07, 6.45) is 3.03. The number of hydrogen-bond donors (Lipinski definition) is 3. The van der Waals surface area contributed by atoms with Gasteiger partial charge in [-0.2, -0.15) is 0 Å². The summed E-state index contributed by atoms with van der Waals surface area (Å²) in [6, 6.07) is 6.45. The molecule has 0 saturated carbocycles. The van der Waals surface area contributed by atoms with E-state index in [0.717, 1.165) is 23.7 Å². The van der Waals surface area contributed by atoms with E-state index in [1.165, 1.54) is 11.1 Å². The molecule has 0 amide bonds. The Bertz CT molecular complexity index is 397. The summed E-state index contributed by atoms with van der Waals surface area (Å²) in [4.78, 5) is 0. The molecule has 4 N–H and O–H groups in total. The zero-order valence-corrected chi connectivity index (χ0v) is 11.5. The first-order chi connectivity index (χ1) is 8.19. The van der Waals surface area contributed by atoms with Crippen LogP contribution in [0.25, 0.3) is 0 Å². The van der Waals surface area contributed by atoms with Crippen molar-refractivity contribution in [3.05, 3.63) is 33.8 Å². The van der Waals surface area contributed by atoms with Gasteiger partial charge in [0.2, 0.25) is 0 Å². The van der Waals surface area contributed by atoms with Gasteiger partial charge in [-0.15, -0.1) is 0 Å². The Hall–Kier alpha value is -0.420. The molecule has 0 aromatic heterocycles. The molecule has 17 heavy (non-hydrogen) atoms. The summed E-state index contributed by atoms with van der Waals surface area (Å²) in [5, 5.41) is 12.3. The van der Waals surface area contributed by atoms with Gasteiger partial charge in [-0.1, -0.05) is 22.0 Å². The number of halogens is 1. The molecule has 0 bridgehead atoms. The molecule has 2 rings (SSSR count). The maximum absolute atomic E-state index is 8.93. The molecule has 0 spiro atoms. The van der Waals surface area contributed by atoms with Crippen LogP contribution in [-0.4, -0.2) is 30.3 Å². The molecular weight excluding hydrogens is 280 g/mol. The van der Waals surface area contributed by atoms with Crippen molar-refractivity contribution >= 4 is 15.9 Å². The molecule has 94 valence electrons. The van der Waals surface area contributed by atoms with Crippen LogP contribution in [0.4, 0.5) is 0 Å². The number of aliphatic hydroxyl groups excluding tert-OH is 1. The summed E-state index contributed by atoms with van der Waals surface area (Å²) in [7, 11) is 0. The molecular formula is C13H19BrN2O. The van der Waals surface area contributed by atoms with Crippen LogP contribution in [0.3, 0.4) is 0 Å². The number of nitrogens with one attached hydrogen (secondary N) is 1. The lowest BCUT2D eigenvalue weighted by molar-refractivity contribution is 0.238. The van der Waals surface area contributed by atoms with E-state index in [2.05, 4.69) is 39.4 Å². The van der Waals surface area contributed by atoms with Crippen molar-refractivity contribution in [2.24, 2.45) is 5.73 Å². The molecule has 0 saturated heterocycles. The number of fused-ring (bicyclic) bond motifs is 1. The fraction of sp³-hybridized carbons (Fsp3) is 0.538. The van der Waals surface area contributed by atoms with Gasteiger partial charge in [-0.05, 0) is 42.5 Å². The standard InChI is InChI=1S/C13H19BrN2O/c14-12-2-1-11-8-13(9-15,16-5-6-17)4-3-10(11)7-12/h1-2,7,16-17H,3-6,8-9,15H2. The van der Waals surface area contributed by atoms with Crippen LogP contribution in [0.1, 0.15) is 17.5 Å². The van der Waals surface area contributed by atoms with Gasteiger partial charge in [0, 0.05) is 23.1 Å². The topological polar surface area (TPSA) is 58.3 Å². The third-order valence-corrected chi connectivity index (χ3v) is 4.07. The van der Waals surface area contributed by atoms with Gasteiger partial charge in [0.1, 0.15) is 0 Å². The Morgan fingerprint density at radius 3 is 2.94 bits per heavy atom. The zero-order valence-electron chi connectivity index (χ0n) is 9.88. The Kier molecular flexibility index (Phi) is 4.20. The fourth-order valence-electron chi connectivity index (χ4n) is 2.54. The number of rotatable bonds is 4. The SMILES string of the molecule is NCC1(NCCO)CCc2cc(Br)ccc2C1. The monoisotopic (exact) mass is 298 g/mol. The van der Waals surface area contributed by atoms with Gasteiger partial charge < -0.3 is 16.2 Å². The van der Waals surface area contributed by atoms with Crippen LogP contribution in [0, 0.1) is 0 Å². The first-order valence-electron chi connectivity index (χ1n) is 6.02. The molecule has 1 aromatic carbocycles. The lowest BCUT2D eigenvalue weighted by atomic mass is 9.78. The predicted molar refractivity (Wildman–Crippen MR) is 73.0 cm³/mol. The Morgan fingerprint density at radius 1 is 1.41 bits per heavy atom. The highest BCUT2D eigenvalue weighted by molar-refractivity contribution is 9.10. The Morgan fingerprint density at radius 2 is 2.24 bits per heavy atom. The van der Waals surface area contributed by atoms with Crippen LogP contribution in [-0.2, 0) is 12.8 Å². The van der Waals surface area contributed by atoms with Gasteiger partial charge in [0.25, 0.3) is 0 Å². The van der Waals surface area contributed by atoms with Crippen molar-refractivity contribution in [2.45, 2.75) is 24.8 Å². The van der Waals surface area contributed by atoms with Crippen LogP contribution in [0.15, 0.2) is 22.7 Å². The number of aryl methyl sites for hydroxylation is 1. The van der Waals surface area contributed by atoms with Crippen LogP contribution < -0.4 is 11.1 Å². The van der Waals surface area contributed by atoms with E-state index in [9.17, 15) is 0 Å². The first kappa shape index (κ1) is 13.0. The number of aliphatic hydroxyl groups is 1. The molecule has 1 aromatic rings. The summed E-state index contributed by atoms with van der Waals surface area (Å²) in [6.45, 7) is 1.39. The molecule has 1 aliphatic rings. The van der Waals surface area contributed by atoms with Gasteiger partial charge in [-0.25, -0.2) is 0 Å². The third-order valence-electron chi connectivity index (χ3n) is 3.57. The van der Waals surface area contributed by atoms with Crippen molar-refractivity contribution in [3.63, 3.8) is 0 Å². The minimum Gasteiger partial charge on any atom is -0.395 e. The van der Waals surface area contributed by atoms with E-state index in [0.29, 0.717) is 13.1 Å². The highest BCUT2D eigenvalue weighted by atomic mass is 79.9. The average molecular weight is 299 g/mol. The number of hydrogen-bond acceptors (Lipinski definition) is 3. The molecule has 0 fully saturated rings. The quantitative estimate of drug-likeness (QED) is 0.783. The van der Waals surface area contributed by atoms with Crippen molar-refractivity contribution < 1.29 is 5.11 Å². The largest absolute Gasteiger partial charge is 0.395 e. The number of β-amino-alcohol motifs (C(OH)–C–C–N with tert-alkyl or cyclic N) is 1. The van der Waals surface area contributed by atoms with E-state index in [1.54, 1.807) is 0 Å². The Labute approximate surface area is 111 Å². The van der Waals surface area contributed by atoms with E-state index >= 15 is 0 Å². The second kappa shape index (κ2) is 5.48. The van der Waals surface area contributed by atoms with E-state index < -0.39 is 0 Å². The average Bonchev–Trinajstić information content (AvgIpc) is 2.36.